The number of ether oxygens (including phenoxy) is 1. The fraction of sp³-hybridized carbons (Fsp3) is 0.423. The van der Waals surface area contributed by atoms with Gasteiger partial charge in [-0.2, -0.15) is 0 Å². The molecule has 2 amide bonds. The number of esters is 1. The summed E-state index contributed by atoms with van der Waals surface area (Å²) in [5.41, 5.74) is 1.31. The Morgan fingerprint density at radius 1 is 1.06 bits per heavy atom. The molecular formula is C26H29FN2O4. The molecule has 1 N–H and O–H groups in total. The summed E-state index contributed by atoms with van der Waals surface area (Å²) in [5, 5.41) is 3.38. The maximum absolute atomic E-state index is 13.3. The van der Waals surface area contributed by atoms with Crippen LogP contribution in [0.3, 0.4) is 0 Å². The number of hydrogen-bond donors (Lipinski definition) is 1. The van der Waals surface area contributed by atoms with Gasteiger partial charge in [-0.3, -0.25) is 24.6 Å². The molecule has 174 valence electrons. The molecule has 0 radical (unpaired) electrons. The number of methoxy groups -OCH3 is 1. The summed E-state index contributed by atoms with van der Waals surface area (Å²) in [4.78, 5) is 41.0. The fourth-order valence-electron chi connectivity index (χ4n) is 5.47. The molecule has 4 atom stereocenters. The maximum atomic E-state index is 13.3. The van der Waals surface area contributed by atoms with E-state index in [0.717, 1.165) is 16.7 Å². The van der Waals surface area contributed by atoms with Gasteiger partial charge in [-0.1, -0.05) is 50.2 Å². The number of imide groups is 1. The molecular weight excluding hydrogens is 423 g/mol. The second-order valence-electron chi connectivity index (χ2n) is 9.24. The van der Waals surface area contributed by atoms with Crippen LogP contribution in [0.4, 0.5) is 4.39 Å². The molecule has 2 heterocycles. The number of benzene rings is 2. The van der Waals surface area contributed by atoms with Crippen molar-refractivity contribution in [3.05, 3.63) is 59.9 Å². The Morgan fingerprint density at radius 2 is 1.64 bits per heavy atom. The molecule has 2 saturated heterocycles. The molecule has 0 aliphatic carbocycles. The number of amides is 2. The molecule has 0 spiro atoms. The molecule has 0 saturated carbocycles. The van der Waals surface area contributed by atoms with Crippen molar-refractivity contribution in [3.63, 3.8) is 0 Å². The standard InChI is InChI=1S/C26H29FN2O4/c1-5-29-23(30)20-21(24(29)31)26(14-15(2)3,25(32)33-4)28-22(20)18-8-6-16(7-9-18)17-10-12-19(27)13-11-17/h6-13,15,20-22,28H,5,14H2,1-4H3/t20-,21-,22-,26-/m1/s1. The Hall–Kier alpha value is -3.06. The molecule has 0 unspecified atom stereocenters. The van der Waals surface area contributed by atoms with Crippen LogP contribution in [0.25, 0.3) is 11.1 Å². The second-order valence-corrected chi connectivity index (χ2v) is 9.24. The summed E-state index contributed by atoms with van der Waals surface area (Å²) in [6, 6.07) is 13.3. The number of hydrogen-bond acceptors (Lipinski definition) is 5. The van der Waals surface area contributed by atoms with Crippen LogP contribution in [0.15, 0.2) is 48.5 Å². The second kappa shape index (κ2) is 8.71. The number of carbonyl (C=O) groups is 3. The van der Waals surface area contributed by atoms with E-state index in [1.807, 2.05) is 38.1 Å². The van der Waals surface area contributed by atoms with E-state index >= 15 is 0 Å². The zero-order valence-electron chi connectivity index (χ0n) is 19.3. The Bertz CT molecular complexity index is 1070. The highest BCUT2D eigenvalue weighted by molar-refractivity contribution is 6.09. The molecule has 2 aliphatic heterocycles. The van der Waals surface area contributed by atoms with Gasteiger partial charge >= 0.3 is 5.97 Å². The third kappa shape index (κ3) is 3.74. The first kappa shape index (κ1) is 23.1. The summed E-state index contributed by atoms with van der Waals surface area (Å²) < 4.78 is 18.4. The van der Waals surface area contributed by atoms with Crippen molar-refractivity contribution < 1.29 is 23.5 Å². The van der Waals surface area contributed by atoms with E-state index < -0.39 is 29.4 Å². The van der Waals surface area contributed by atoms with Crippen molar-refractivity contribution in [2.45, 2.75) is 38.8 Å². The topological polar surface area (TPSA) is 75.7 Å². The van der Waals surface area contributed by atoms with Crippen molar-refractivity contribution in [1.82, 2.24) is 10.2 Å². The van der Waals surface area contributed by atoms with Gasteiger partial charge in [0.25, 0.3) is 0 Å². The van der Waals surface area contributed by atoms with Crippen molar-refractivity contribution in [3.8, 4) is 11.1 Å². The molecule has 2 aromatic carbocycles. The van der Waals surface area contributed by atoms with Crippen LogP contribution in [0, 0.1) is 23.6 Å². The average Bonchev–Trinajstić information content (AvgIpc) is 3.27. The number of fused-ring (bicyclic) bond motifs is 1. The molecule has 4 rings (SSSR count). The lowest BCUT2D eigenvalue weighted by molar-refractivity contribution is -0.155. The summed E-state index contributed by atoms with van der Waals surface area (Å²) in [6.07, 6.45) is 0.377. The van der Waals surface area contributed by atoms with Gasteiger partial charge in [-0.15, -0.1) is 0 Å². The van der Waals surface area contributed by atoms with Crippen LogP contribution in [0.5, 0.6) is 0 Å². The van der Waals surface area contributed by atoms with E-state index in [-0.39, 0.29) is 30.1 Å². The van der Waals surface area contributed by atoms with Gasteiger partial charge in [-0.05, 0) is 48.1 Å². The first-order valence-electron chi connectivity index (χ1n) is 11.3. The van der Waals surface area contributed by atoms with E-state index in [1.165, 1.54) is 24.1 Å². The van der Waals surface area contributed by atoms with Gasteiger partial charge < -0.3 is 4.74 Å². The summed E-state index contributed by atoms with van der Waals surface area (Å²) in [6.45, 7) is 5.98. The highest BCUT2D eigenvalue weighted by Gasteiger charge is 2.68. The van der Waals surface area contributed by atoms with E-state index in [4.69, 9.17) is 4.74 Å². The Morgan fingerprint density at radius 3 is 2.15 bits per heavy atom. The molecule has 0 bridgehead atoms. The van der Waals surface area contributed by atoms with Crippen molar-refractivity contribution in [2.75, 3.05) is 13.7 Å². The third-order valence-corrected chi connectivity index (χ3v) is 6.79. The predicted molar refractivity (Wildman–Crippen MR) is 121 cm³/mol. The van der Waals surface area contributed by atoms with Gasteiger partial charge in [0.05, 0.1) is 18.9 Å². The first-order valence-corrected chi connectivity index (χ1v) is 11.3. The van der Waals surface area contributed by atoms with Gasteiger partial charge in [0.15, 0.2) is 0 Å². The lowest BCUT2D eigenvalue weighted by Crippen LogP contribution is -2.57. The van der Waals surface area contributed by atoms with Crippen LogP contribution >= 0.6 is 0 Å². The highest BCUT2D eigenvalue weighted by atomic mass is 19.1. The molecule has 2 aliphatic rings. The van der Waals surface area contributed by atoms with E-state index in [2.05, 4.69) is 5.32 Å². The van der Waals surface area contributed by atoms with Crippen LogP contribution in [0.2, 0.25) is 0 Å². The third-order valence-electron chi connectivity index (χ3n) is 6.79. The SMILES string of the molecule is CCN1C(=O)[C@H]2[C@@H](c3ccc(-c4ccc(F)cc4)cc3)N[C@@](CC(C)C)(C(=O)OC)[C@H]2C1=O. The summed E-state index contributed by atoms with van der Waals surface area (Å²) in [5.74, 6) is -2.82. The number of likely N-dealkylation sites (tertiary alicyclic amines) is 1. The number of carbonyl (C=O) groups excluding carboxylic acids is 3. The molecule has 2 aromatic rings. The van der Waals surface area contributed by atoms with Crippen molar-refractivity contribution >= 4 is 17.8 Å². The lowest BCUT2D eigenvalue weighted by Gasteiger charge is -2.33. The van der Waals surface area contributed by atoms with E-state index in [9.17, 15) is 18.8 Å². The summed E-state index contributed by atoms with van der Waals surface area (Å²) >= 11 is 0. The minimum absolute atomic E-state index is 0.0930. The predicted octanol–water partition coefficient (Wildman–Crippen LogP) is 3.72. The Balaban J connectivity index is 1.76. The quantitative estimate of drug-likeness (QED) is 0.534. The Labute approximate surface area is 193 Å². The van der Waals surface area contributed by atoms with Crippen molar-refractivity contribution in [2.24, 2.45) is 17.8 Å². The number of rotatable bonds is 6. The Kier molecular flexibility index (Phi) is 6.10. The average molecular weight is 453 g/mol. The van der Waals surface area contributed by atoms with Gasteiger partial charge in [0.2, 0.25) is 11.8 Å². The summed E-state index contributed by atoms with van der Waals surface area (Å²) in [7, 11) is 1.31. The van der Waals surface area contributed by atoms with Crippen molar-refractivity contribution in [1.29, 1.82) is 0 Å². The molecule has 0 aromatic heterocycles. The monoisotopic (exact) mass is 452 g/mol. The van der Waals surface area contributed by atoms with Crippen LogP contribution in [-0.4, -0.2) is 41.9 Å². The van der Waals surface area contributed by atoms with Gasteiger partial charge in [-0.25, -0.2) is 4.39 Å². The number of nitrogens with one attached hydrogen (secondary N) is 1. The largest absolute Gasteiger partial charge is 0.468 e. The zero-order valence-corrected chi connectivity index (χ0v) is 19.3. The minimum atomic E-state index is -1.27. The maximum Gasteiger partial charge on any atom is 0.326 e. The zero-order chi connectivity index (χ0) is 23.9. The van der Waals surface area contributed by atoms with Gasteiger partial charge in [0, 0.05) is 12.6 Å². The van der Waals surface area contributed by atoms with E-state index in [1.54, 1.807) is 19.1 Å². The highest BCUT2D eigenvalue weighted by Crippen LogP contribution is 2.51. The van der Waals surface area contributed by atoms with Crippen LogP contribution in [0.1, 0.15) is 38.8 Å². The first-order chi connectivity index (χ1) is 15.7. The van der Waals surface area contributed by atoms with E-state index in [0.29, 0.717) is 6.42 Å². The molecule has 6 nitrogen and oxygen atoms in total. The molecule has 7 heteroatoms. The molecule has 2 fully saturated rings. The number of halogens is 1. The smallest absolute Gasteiger partial charge is 0.326 e. The fourth-order valence-corrected chi connectivity index (χ4v) is 5.47. The minimum Gasteiger partial charge on any atom is -0.468 e. The molecule has 33 heavy (non-hydrogen) atoms. The van der Waals surface area contributed by atoms with Crippen LogP contribution in [-0.2, 0) is 19.1 Å². The number of nitrogens with zero attached hydrogens (tertiary/aromatic N) is 1. The normalized spacial score (nSPS) is 26.7. The lowest BCUT2D eigenvalue weighted by atomic mass is 9.75. The van der Waals surface area contributed by atoms with Crippen LogP contribution < -0.4 is 5.32 Å². The van der Waals surface area contributed by atoms with Gasteiger partial charge in [0.1, 0.15) is 11.4 Å².